The van der Waals surface area contributed by atoms with E-state index in [1.54, 1.807) is 0 Å². The monoisotopic (exact) mass is 227 g/mol. The number of benzene rings is 1. The molecule has 0 bridgehead atoms. The first kappa shape index (κ1) is 10.5. The van der Waals surface area contributed by atoms with E-state index >= 15 is 0 Å². The van der Waals surface area contributed by atoms with Crippen molar-refractivity contribution in [1.29, 1.82) is 0 Å². The predicted octanol–water partition coefficient (Wildman–Crippen LogP) is 2.26. The average Bonchev–Trinajstić information content (AvgIpc) is 2.99. The second-order valence-corrected chi connectivity index (χ2v) is 4.62. The van der Waals surface area contributed by atoms with Gasteiger partial charge in [0.1, 0.15) is 0 Å². The molecule has 1 aliphatic rings. The van der Waals surface area contributed by atoms with Crippen LogP contribution < -0.4 is 5.32 Å². The molecule has 0 saturated carbocycles. The molecule has 1 atom stereocenters. The van der Waals surface area contributed by atoms with Crippen LogP contribution in [0.1, 0.15) is 23.6 Å². The molecule has 0 spiro atoms. The van der Waals surface area contributed by atoms with Crippen molar-refractivity contribution in [2.45, 2.75) is 19.3 Å². The molecule has 1 aromatic carbocycles. The molecule has 17 heavy (non-hydrogen) atoms. The van der Waals surface area contributed by atoms with Crippen molar-refractivity contribution in [2.24, 2.45) is 0 Å². The minimum absolute atomic E-state index is 0.632. The normalized spacial score (nSPS) is 19.7. The first-order valence-corrected chi connectivity index (χ1v) is 6.17. The number of hydrogen-bond acceptors (Lipinski definition) is 2. The fraction of sp³-hybridized carbons (Fsp3) is 0.357. The van der Waals surface area contributed by atoms with Gasteiger partial charge in [-0.1, -0.05) is 18.2 Å². The molecule has 0 radical (unpaired) electrons. The zero-order chi connectivity index (χ0) is 11.7. The molecule has 0 aliphatic carbocycles. The summed E-state index contributed by atoms with van der Waals surface area (Å²) in [4.78, 5) is 0. The van der Waals surface area contributed by atoms with Crippen molar-refractivity contribution in [3.63, 3.8) is 0 Å². The summed E-state index contributed by atoms with van der Waals surface area (Å²) in [7, 11) is 0. The SMILES string of the molecule is Cc1c(C2CCNC2)cnn1-c1ccccc1. The zero-order valence-electron chi connectivity index (χ0n) is 10.1. The van der Waals surface area contributed by atoms with E-state index in [-0.39, 0.29) is 0 Å². The summed E-state index contributed by atoms with van der Waals surface area (Å²) in [5, 5.41) is 7.93. The van der Waals surface area contributed by atoms with Crippen LogP contribution in [0.2, 0.25) is 0 Å². The van der Waals surface area contributed by atoms with E-state index in [9.17, 15) is 0 Å². The number of nitrogens with one attached hydrogen (secondary N) is 1. The second kappa shape index (κ2) is 4.34. The van der Waals surface area contributed by atoms with Crippen LogP contribution in [0.3, 0.4) is 0 Å². The highest BCUT2D eigenvalue weighted by Gasteiger charge is 2.21. The Morgan fingerprint density at radius 2 is 2.12 bits per heavy atom. The van der Waals surface area contributed by atoms with Crippen LogP contribution in [-0.2, 0) is 0 Å². The number of aromatic nitrogens is 2. The third-order valence-electron chi connectivity index (χ3n) is 3.55. The molecule has 1 saturated heterocycles. The van der Waals surface area contributed by atoms with Crippen molar-refractivity contribution in [3.8, 4) is 5.69 Å². The summed E-state index contributed by atoms with van der Waals surface area (Å²) in [6, 6.07) is 10.3. The lowest BCUT2D eigenvalue weighted by Gasteiger charge is -2.09. The first-order valence-electron chi connectivity index (χ1n) is 6.17. The first-order chi connectivity index (χ1) is 8.36. The molecule has 1 aromatic heterocycles. The highest BCUT2D eigenvalue weighted by molar-refractivity contribution is 5.35. The van der Waals surface area contributed by atoms with Crippen LogP contribution in [0.15, 0.2) is 36.5 Å². The van der Waals surface area contributed by atoms with Gasteiger partial charge in [-0.15, -0.1) is 0 Å². The maximum absolute atomic E-state index is 4.52. The number of nitrogens with zero attached hydrogens (tertiary/aromatic N) is 2. The molecule has 2 aromatic rings. The van der Waals surface area contributed by atoms with Crippen LogP contribution in [0.5, 0.6) is 0 Å². The summed E-state index contributed by atoms with van der Waals surface area (Å²) in [6.45, 7) is 4.37. The quantitative estimate of drug-likeness (QED) is 0.853. The fourth-order valence-electron chi connectivity index (χ4n) is 2.57. The third-order valence-corrected chi connectivity index (χ3v) is 3.55. The smallest absolute Gasteiger partial charge is 0.0648 e. The van der Waals surface area contributed by atoms with Gasteiger partial charge in [0, 0.05) is 18.2 Å². The van der Waals surface area contributed by atoms with Crippen molar-refractivity contribution in [3.05, 3.63) is 47.8 Å². The van der Waals surface area contributed by atoms with Gasteiger partial charge in [0.05, 0.1) is 11.9 Å². The number of para-hydroxylation sites is 1. The summed E-state index contributed by atoms with van der Waals surface area (Å²) in [5.74, 6) is 0.632. The highest BCUT2D eigenvalue weighted by Crippen LogP contribution is 2.26. The number of rotatable bonds is 2. The molecule has 3 heteroatoms. The lowest BCUT2D eigenvalue weighted by molar-refractivity contribution is 0.752. The molecule has 1 aliphatic heterocycles. The van der Waals surface area contributed by atoms with Gasteiger partial charge >= 0.3 is 0 Å². The average molecular weight is 227 g/mol. The van der Waals surface area contributed by atoms with Gasteiger partial charge in [-0.2, -0.15) is 5.10 Å². The molecule has 1 N–H and O–H groups in total. The van der Waals surface area contributed by atoms with Crippen molar-refractivity contribution >= 4 is 0 Å². The fourth-order valence-corrected chi connectivity index (χ4v) is 2.57. The van der Waals surface area contributed by atoms with Crippen LogP contribution in [-0.4, -0.2) is 22.9 Å². The van der Waals surface area contributed by atoms with E-state index in [0.717, 1.165) is 18.8 Å². The van der Waals surface area contributed by atoms with Crippen LogP contribution in [0.25, 0.3) is 5.69 Å². The van der Waals surface area contributed by atoms with Gasteiger partial charge in [-0.3, -0.25) is 0 Å². The molecule has 3 rings (SSSR count). The van der Waals surface area contributed by atoms with E-state index in [1.165, 1.54) is 17.7 Å². The number of hydrogen-bond donors (Lipinski definition) is 1. The van der Waals surface area contributed by atoms with Gasteiger partial charge in [0.25, 0.3) is 0 Å². The standard InChI is InChI=1S/C14H17N3/c1-11-14(12-7-8-15-9-12)10-16-17(11)13-5-3-2-4-6-13/h2-6,10,12,15H,7-9H2,1H3. The van der Waals surface area contributed by atoms with Crippen LogP contribution >= 0.6 is 0 Å². The van der Waals surface area contributed by atoms with E-state index in [2.05, 4.69) is 29.5 Å². The van der Waals surface area contributed by atoms with E-state index < -0.39 is 0 Å². The van der Waals surface area contributed by atoms with Crippen molar-refractivity contribution < 1.29 is 0 Å². The van der Waals surface area contributed by atoms with E-state index in [1.807, 2.05) is 29.1 Å². The summed E-state index contributed by atoms with van der Waals surface area (Å²) in [6.07, 6.45) is 3.25. The zero-order valence-corrected chi connectivity index (χ0v) is 10.1. The molecular weight excluding hydrogens is 210 g/mol. The second-order valence-electron chi connectivity index (χ2n) is 4.62. The summed E-state index contributed by atoms with van der Waals surface area (Å²) >= 11 is 0. The highest BCUT2D eigenvalue weighted by atomic mass is 15.3. The molecule has 0 amide bonds. The van der Waals surface area contributed by atoms with E-state index in [4.69, 9.17) is 0 Å². The predicted molar refractivity (Wildman–Crippen MR) is 68.5 cm³/mol. The minimum Gasteiger partial charge on any atom is -0.316 e. The van der Waals surface area contributed by atoms with Crippen molar-refractivity contribution in [2.75, 3.05) is 13.1 Å². The van der Waals surface area contributed by atoms with E-state index in [0.29, 0.717) is 5.92 Å². The lowest BCUT2D eigenvalue weighted by Crippen LogP contribution is -2.08. The molecule has 88 valence electrons. The minimum atomic E-state index is 0.632. The Bertz CT molecular complexity index is 495. The van der Waals surface area contributed by atoms with Gasteiger partial charge in [-0.25, -0.2) is 4.68 Å². The summed E-state index contributed by atoms with van der Waals surface area (Å²) in [5.41, 5.74) is 3.80. The maximum Gasteiger partial charge on any atom is 0.0648 e. The van der Waals surface area contributed by atoms with Crippen LogP contribution in [0.4, 0.5) is 0 Å². The molecular formula is C14H17N3. The molecule has 1 unspecified atom stereocenters. The third kappa shape index (κ3) is 1.87. The summed E-state index contributed by atoms with van der Waals surface area (Å²) < 4.78 is 2.04. The Morgan fingerprint density at radius 3 is 2.82 bits per heavy atom. The largest absolute Gasteiger partial charge is 0.316 e. The topological polar surface area (TPSA) is 29.9 Å². The Morgan fingerprint density at radius 1 is 1.29 bits per heavy atom. The Kier molecular flexibility index (Phi) is 2.69. The van der Waals surface area contributed by atoms with Crippen LogP contribution in [0, 0.1) is 6.92 Å². The maximum atomic E-state index is 4.52. The molecule has 2 heterocycles. The Labute approximate surface area is 101 Å². The lowest BCUT2D eigenvalue weighted by atomic mass is 9.99. The Balaban J connectivity index is 1.97. The van der Waals surface area contributed by atoms with Gasteiger partial charge < -0.3 is 5.32 Å². The van der Waals surface area contributed by atoms with Gasteiger partial charge in [-0.05, 0) is 37.6 Å². The Hall–Kier alpha value is -1.61. The molecule has 1 fully saturated rings. The van der Waals surface area contributed by atoms with Gasteiger partial charge in [0.2, 0.25) is 0 Å². The van der Waals surface area contributed by atoms with Crippen molar-refractivity contribution in [1.82, 2.24) is 15.1 Å². The molecule has 3 nitrogen and oxygen atoms in total. The van der Waals surface area contributed by atoms with Gasteiger partial charge in [0.15, 0.2) is 0 Å².